The lowest BCUT2D eigenvalue weighted by molar-refractivity contribution is 0.102. The molecular formula is C21H29N3O2S. The van der Waals surface area contributed by atoms with Crippen LogP contribution in [0.15, 0.2) is 35.5 Å². The van der Waals surface area contributed by atoms with Crippen LogP contribution in [0.3, 0.4) is 0 Å². The minimum atomic E-state index is -0.165. The minimum Gasteiger partial charge on any atom is -0.385 e. The van der Waals surface area contributed by atoms with Crippen LogP contribution in [0, 0.1) is 10.8 Å². The second kappa shape index (κ2) is 10.2. The summed E-state index contributed by atoms with van der Waals surface area (Å²) in [6, 6.07) is 9.18. The Kier molecular flexibility index (Phi) is 7.98. The van der Waals surface area contributed by atoms with Gasteiger partial charge in [-0.2, -0.15) is 0 Å². The zero-order chi connectivity index (χ0) is 19.8. The Morgan fingerprint density at radius 3 is 2.52 bits per heavy atom. The van der Waals surface area contributed by atoms with E-state index in [9.17, 15) is 9.70 Å². The van der Waals surface area contributed by atoms with Crippen LogP contribution < -0.4 is 10.6 Å². The Bertz CT molecular complexity index is 769. The monoisotopic (exact) mass is 387 g/mol. The molecule has 0 atom stereocenters. The van der Waals surface area contributed by atoms with E-state index in [1.807, 2.05) is 12.1 Å². The highest BCUT2D eigenvalue weighted by atomic mass is 32.1. The van der Waals surface area contributed by atoms with Crippen molar-refractivity contribution in [2.45, 2.75) is 52.9 Å². The number of thiophene rings is 1. The molecule has 1 heterocycles. The van der Waals surface area contributed by atoms with Crippen LogP contribution in [0.5, 0.6) is 0 Å². The quantitative estimate of drug-likeness (QED) is 0.349. The zero-order valence-corrected chi connectivity index (χ0v) is 17.4. The van der Waals surface area contributed by atoms with Gasteiger partial charge in [-0.1, -0.05) is 51.9 Å². The molecule has 1 amide bonds. The van der Waals surface area contributed by atoms with Crippen LogP contribution in [0.4, 0.5) is 15.7 Å². The molecule has 2 aromatic rings. The van der Waals surface area contributed by atoms with Crippen molar-refractivity contribution in [1.29, 1.82) is 0 Å². The van der Waals surface area contributed by atoms with E-state index < -0.39 is 0 Å². The highest BCUT2D eigenvalue weighted by Crippen LogP contribution is 2.30. The molecule has 1 aromatic carbocycles. The van der Waals surface area contributed by atoms with Gasteiger partial charge in [0.05, 0.1) is 5.00 Å². The molecule has 0 unspecified atom stereocenters. The van der Waals surface area contributed by atoms with E-state index in [0.717, 1.165) is 30.1 Å². The van der Waals surface area contributed by atoms with Crippen molar-refractivity contribution in [3.8, 4) is 0 Å². The van der Waals surface area contributed by atoms with E-state index in [0.29, 0.717) is 15.6 Å². The maximum atomic E-state index is 12.7. The van der Waals surface area contributed by atoms with Crippen molar-refractivity contribution >= 4 is 32.9 Å². The fraction of sp³-hybridized carbons (Fsp3) is 0.476. The summed E-state index contributed by atoms with van der Waals surface area (Å²) >= 11 is 1.17. The number of hydrogen-bond donors (Lipinski definition) is 2. The van der Waals surface area contributed by atoms with Crippen LogP contribution in [0.2, 0.25) is 0 Å². The maximum Gasteiger partial charge on any atom is 0.256 e. The van der Waals surface area contributed by atoms with Crippen LogP contribution in [-0.2, 0) is 0 Å². The van der Waals surface area contributed by atoms with Gasteiger partial charge in [0.1, 0.15) is 0 Å². The number of carbonyl (C=O) groups is 1. The van der Waals surface area contributed by atoms with Gasteiger partial charge in [-0.15, -0.1) is 4.91 Å². The summed E-state index contributed by atoms with van der Waals surface area (Å²) in [5.41, 5.74) is 2.71. The minimum absolute atomic E-state index is 0.165. The average Bonchev–Trinajstić information content (AvgIpc) is 3.08. The highest BCUT2D eigenvalue weighted by molar-refractivity contribution is 7.19. The molecule has 0 aliphatic rings. The smallest absolute Gasteiger partial charge is 0.256 e. The molecule has 27 heavy (non-hydrogen) atoms. The molecule has 0 fully saturated rings. The molecule has 2 rings (SSSR count). The van der Waals surface area contributed by atoms with Crippen LogP contribution >= 0.6 is 11.3 Å². The Morgan fingerprint density at radius 2 is 1.89 bits per heavy atom. The fourth-order valence-electron chi connectivity index (χ4n) is 2.89. The van der Waals surface area contributed by atoms with Crippen molar-refractivity contribution < 1.29 is 4.79 Å². The number of rotatable bonds is 10. The number of nitrogens with zero attached hydrogens (tertiary/aromatic N) is 1. The van der Waals surface area contributed by atoms with Gasteiger partial charge in [0.2, 0.25) is 0 Å². The lowest BCUT2D eigenvalue weighted by Crippen LogP contribution is -2.14. The van der Waals surface area contributed by atoms with E-state index in [-0.39, 0.29) is 11.8 Å². The van der Waals surface area contributed by atoms with Crippen molar-refractivity contribution in [3.63, 3.8) is 0 Å². The number of hydrogen-bond acceptors (Lipinski definition) is 5. The Balaban J connectivity index is 2.03. The molecule has 1 aromatic heterocycles. The van der Waals surface area contributed by atoms with E-state index in [1.54, 1.807) is 12.1 Å². The van der Waals surface area contributed by atoms with Crippen LogP contribution in [-0.4, -0.2) is 12.5 Å². The predicted octanol–water partition coefficient (Wildman–Crippen LogP) is 6.76. The molecule has 0 radical (unpaired) electrons. The summed E-state index contributed by atoms with van der Waals surface area (Å²) in [5.74, 6) is 0.808. The molecule has 0 saturated carbocycles. The van der Waals surface area contributed by atoms with Gasteiger partial charge in [0.15, 0.2) is 5.00 Å². The summed E-state index contributed by atoms with van der Waals surface area (Å²) in [5, 5.41) is 10.2. The van der Waals surface area contributed by atoms with Crippen molar-refractivity contribution in [2.24, 2.45) is 11.1 Å². The summed E-state index contributed by atoms with van der Waals surface area (Å²) in [6.07, 6.45) is 3.62. The van der Waals surface area contributed by atoms with E-state index in [1.165, 1.54) is 24.2 Å². The average molecular weight is 388 g/mol. The number of anilines is 2. The summed E-state index contributed by atoms with van der Waals surface area (Å²) in [4.78, 5) is 23.2. The van der Waals surface area contributed by atoms with Gasteiger partial charge in [-0.05, 0) is 59.3 Å². The van der Waals surface area contributed by atoms with Crippen LogP contribution in [0.1, 0.15) is 68.8 Å². The standard InChI is InChI=1S/C21H29N3O2S/c1-14(2)7-5-6-12-22-16-8-9-17(18(13-16)15(3)4)21(25)23-19-10-11-20(24-26)27-19/h8-11,13-15,22H,5-7,12H2,1-4H3,(H,23,25). The molecule has 0 aliphatic heterocycles. The van der Waals surface area contributed by atoms with Crippen molar-refractivity contribution in [3.05, 3.63) is 46.4 Å². The zero-order valence-electron chi connectivity index (χ0n) is 16.5. The first kappa shape index (κ1) is 21.1. The molecule has 146 valence electrons. The van der Waals surface area contributed by atoms with Gasteiger partial charge in [-0.25, -0.2) is 0 Å². The van der Waals surface area contributed by atoms with E-state index in [2.05, 4.69) is 49.6 Å². The maximum absolute atomic E-state index is 12.7. The normalized spacial score (nSPS) is 11.0. The molecule has 0 saturated heterocycles. The van der Waals surface area contributed by atoms with Crippen molar-refractivity contribution in [2.75, 3.05) is 17.2 Å². The Labute approximate surface area is 165 Å². The third-order valence-corrected chi connectivity index (χ3v) is 5.25. The molecule has 2 N–H and O–H groups in total. The molecule has 6 heteroatoms. The van der Waals surface area contributed by atoms with Gasteiger partial charge < -0.3 is 10.6 Å². The SMILES string of the molecule is CC(C)CCCCNc1ccc(C(=O)Nc2ccc(N=O)s2)c(C(C)C)c1. The summed E-state index contributed by atoms with van der Waals surface area (Å²) in [7, 11) is 0. The molecule has 5 nitrogen and oxygen atoms in total. The first-order valence-corrected chi connectivity index (χ1v) is 10.3. The van der Waals surface area contributed by atoms with Gasteiger partial charge in [-0.3, -0.25) is 4.79 Å². The number of amides is 1. The largest absolute Gasteiger partial charge is 0.385 e. The molecule has 0 bridgehead atoms. The first-order chi connectivity index (χ1) is 12.9. The second-order valence-electron chi connectivity index (χ2n) is 7.46. The van der Waals surface area contributed by atoms with E-state index in [4.69, 9.17) is 0 Å². The fourth-order valence-corrected chi connectivity index (χ4v) is 3.57. The molecule has 0 spiro atoms. The first-order valence-electron chi connectivity index (χ1n) is 9.53. The number of benzene rings is 1. The van der Waals surface area contributed by atoms with Gasteiger partial charge in [0, 0.05) is 17.8 Å². The molecule has 0 aliphatic carbocycles. The summed E-state index contributed by atoms with van der Waals surface area (Å²) in [6.45, 7) is 9.60. The van der Waals surface area contributed by atoms with Crippen LogP contribution in [0.25, 0.3) is 0 Å². The third-order valence-electron chi connectivity index (χ3n) is 4.37. The second-order valence-corrected chi connectivity index (χ2v) is 8.52. The lowest BCUT2D eigenvalue weighted by atomic mass is 9.96. The number of unbranched alkanes of at least 4 members (excludes halogenated alkanes) is 1. The highest BCUT2D eigenvalue weighted by Gasteiger charge is 2.15. The number of nitrogens with one attached hydrogen (secondary N) is 2. The topological polar surface area (TPSA) is 70.6 Å². The van der Waals surface area contributed by atoms with Gasteiger partial charge >= 0.3 is 0 Å². The third kappa shape index (κ3) is 6.47. The number of nitroso groups, excluding NO2 is 1. The van der Waals surface area contributed by atoms with Gasteiger partial charge in [0.25, 0.3) is 5.91 Å². The van der Waals surface area contributed by atoms with E-state index >= 15 is 0 Å². The Hall–Kier alpha value is -2.21. The summed E-state index contributed by atoms with van der Waals surface area (Å²) < 4.78 is 0. The predicted molar refractivity (Wildman–Crippen MR) is 115 cm³/mol. The number of carbonyl (C=O) groups excluding carboxylic acids is 1. The Morgan fingerprint density at radius 1 is 1.11 bits per heavy atom. The lowest BCUT2D eigenvalue weighted by Gasteiger charge is -2.15. The van der Waals surface area contributed by atoms with Crippen molar-refractivity contribution in [1.82, 2.24) is 0 Å². The molecular weight excluding hydrogens is 358 g/mol.